The second-order valence-electron chi connectivity index (χ2n) is 4.63. The molecule has 1 aliphatic rings. The summed E-state index contributed by atoms with van der Waals surface area (Å²) < 4.78 is 0. The van der Waals surface area contributed by atoms with Crippen molar-refractivity contribution in [2.45, 2.75) is 13.0 Å². The lowest BCUT2D eigenvalue weighted by atomic mass is 9.99. The molecule has 0 spiro atoms. The van der Waals surface area contributed by atoms with E-state index in [1.54, 1.807) is 0 Å². The summed E-state index contributed by atoms with van der Waals surface area (Å²) in [7, 11) is 0. The van der Waals surface area contributed by atoms with Crippen molar-refractivity contribution < 1.29 is 4.79 Å². The first-order valence-corrected chi connectivity index (χ1v) is 5.92. The molecule has 0 radical (unpaired) electrons. The maximum Gasteiger partial charge on any atom is 0.245 e. The molecule has 2 aromatic rings. The van der Waals surface area contributed by atoms with Crippen LogP contribution in [-0.2, 0) is 4.79 Å². The standard InChI is InChI=1S/C15H14N2O/c1-9-2-4-10(5-3-9)11-6-7-13-12(8-11)14(16)15(18)17-13/h2-8,14H,16H2,1H3,(H,17,18). The zero-order valence-corrected chi connectivity index (χ0v) is 10.1. The highest BCUT2D eigenvalue weighted by molar-refractivity contribution is 6.02. The molecule has 1 aliphatic heterocycles. The second-order valence-corrected chi connectivity index (χ2v) is 4.63. The average Bonchev–Trinajstić information content (AvgIpc) is 2.66. The molecule has 3 heteroatoms. The molecule has 3 N–H and O–H groups in total. The summed E-state index contributed by atoms with van der Waals surface area (Å²) in [5.41, 5.74) is 11.0. The molecule has 18 heavy (non-hydrogen) atoms. The van der Waals surface area contributed by atoms with Gasteiger partial charge in [-0.15, -0.1) is 0 Å². The molecular weight excluding hydrogens is 224 g/mol. The molecule has 0 aromatic heterocycles. The Morgan fingerprint density at radius 1 is 1.06 bits per heavy atom. The number of amides is 1. The summed E-state index contributed by atoms with van der Waals surface area (Å²) in [5, 5.41) is 2.77. The molecule has 0 fully saturated rings. The monoisotopic (exact) mass is 238 g/mol. The largest absolute Gasteiger partial charge is 0.324 e. The van der Waals surface area contributed by atoms with Crippen molar-refractivity contribution in [2.75, 3.05) is 5.32 Å². The first kappa shape index (κ1) is 11.0. The van der Waals surface area contributed by atoms with Gasteiger partial charge in [0.15, 0.2) is 0 Å². The van der Waals surface area contributed by atoms with Gasteiger partial charge in [-0.25, -0.2) is 0 Å². The van der Waals surface area contributed by atoms with Gasteiger partial charge in [0, 0.05) is 11.3 Å². The van der Waals surface area contributed by atoms with Crippen LogP contribution in [0.25, 0.3) is 11.1 Å². The maximum absolute atomic E-state index is 11.5. The number of carbonyl (C=O) groups is 1. The number of nitrogens with one attached hydrogen (secondary N) is 1. The number of anilines is 1. The van der Waals surface area contributed by atoms with Crippen LogP contribution in [0.1, 0.15) is 17.2 Å². The van der Waals surface area contributed by atoms with E-state index in [0.29, 0.717) is 0 Å². The molecule has 1 amide bonds. The lowest BCUT2D eigenvalue weighted by Gasteiger charge is -2.06. The average molecular weight is 238 g/mol. The van der Waals surface area contributed by atoms with Gasteiger partial charge in [0.05, 0.1) is 0 Å². The number of hydrogen-bond donors (Lipinski definition) is 2. The van der Waals surface area contributed by atoms with Crippen LogP contribution in [0.4, 0.5) is 5.69 Å². The molecule has 1 heterocycles. The molecule has 1 atom stereocenters. The Kier molecular flexibility index (Phi) is 2.42. The number of carbonyl (C=O) groups excluding carboxylic acids is 1. The molecule has 90 valence electrons. The van der Waals surface area contributed by atoms with Crippen LogP contribution in [-0.4, -0.2) is 5.91 Å². The summed E-state index contributed by atoms with van der Waals surface area (Å²) in [5.74, 6) is -0.133. The fraction of sp³-hybridized carbons (Fsp3) is 0.133. The Bertz CT molecular complexity index is 617. The normalized spacial score (nSPS) is 17.4. The lowest BCUT2D eigenvalue weighted by molar-refractivity contribution is -0.116. The van der Waals surface area contributed by atoms with Crippen LogP contribution in [0.15, 0.2) is 42.5 Å². The molecule has 1 unspecified atom stereocenters. The Morgan fingerprint density at radius 2 is 1.72 bits per heavy atom. The van der Waals surface area contributed by atoms with Gasteiger partial charge in [-0.05, 0) is 30.2 Å². The van der Waals surface area contributed by atoms with Crippen molar-refractivity contribution in [3.05, 3.63) is 53.6 Å². The minimum Gasteiger partial charge on any atom is -0.324 e. The predicted molar refractivity (Wildman–Crippen MR) is 72.2 cm³/mol. The molecule has 0 saturated heterocycles. The smallest absolute Gasteiger partial charge is 0.245 e. The third-order valence-electron chi connectivity index (χ3n) is 3.31. The number of fused-ring (bicyclic) bond motifs is 1. The number of benzene rings is 2. The Balaban J connectivity index is 2.06. The number of nitrogens with two attached hydrogens (primary N) is 1. The van der Waals surface area contributed by atoms with Crippen LogP contribution in [0, 0.1) is 6.92 Å². The van der Waals surface area contributed by atoms with Crippen molar-refractivity contribution in [1.29, 1.82) is 0 Å². The van der Waals surface area contributed by atoms with Crippen LogP contribution >= 0.6 is 0 Å². The third-order valence-corrected chi connectivity index (χ3v) is 3.31. The quantitative estimate of drug-likeness (QED) is 0.802. The zero-order chi connectivity index (χ0) is 12.7. The van der Waals surface area contributed by atoms with E-state index in [1.165, 1.54) is 5.56 Å². The number of rotatable bonds is 1. The highest BCUT2D eigenvalue weighted by Crippen LogP contribution is 2.33. The SMILES string of the molecule is Cc1ccc(-c2ccc3c(c2)C(N)C(=O)N3)cc1. The number of hydrogen-bond acceptors (Lipinski definition) is 2. The molecule has 0 aliphatic carbocycles. The van der Waals surface area contributed by atoms with E-state index in [1.807, 2.05) is 18.2 Å². The molecule has 3 rings (SSSR count). The lowest BCUT2D eigenvalue weighted by Crippen LogP contribution is -2.19. The van der Waals surface area contributed by atoms with Crippen LogP contribution in [0.2, 0.25) is 0 Å². The highest BCUT2D eigenvalue weighted by atomic mass is 16.2. The molecule has 2 aromatic carbocycles. The van der Waals surface area contributed by atoms with Gasteiger partial charge in [0.2, 0.25) is 5.91 Å². The highest BCUT2D eigenvalue weighted by Gasteiger charge is 2.27. The molecule has 3 nitrogen and oxygen atoms in total. The van der Waals surface area contributed by atoms with E-state index in [9.17, 15) is 4.79 Å². The van der Waals surface area contributed by atoms with Gasteiger partial charge in [0.1, 0.15) is 6.04 Å². The predicted octanol–water partition coefficient (Wildman–Crippen LogP) is 2.61. The third kappa shape index (κ3) is 1.69. The van der Waals surface area contributed by atoms with Crippen molar-refractivity contribution in [3.8, 4) is 11.1 Å². The van der Waals surface area contributed by atoms with E-state index < -0.39 is 6.04 Å². The van der Waals surface area contributed by atoms with Gasteiger partial charge in [-0.3, -0.25) is 4.79 Å². The molecular formula is C15H14N2O. The van der Waals surface area contributed by atoms with Crippen LogP contribution < -0.4 is 11.1 Å². The Labute approximate surface area is 106 Å². The van der Waals surface area contributed by atoms with E-state index in [-0.39, 0.29) is 5.91 Å². The summed E-state index contributed by atoms with van der Waals surface area (Å²) >= 11 is 0. The fourth-order valence-corrected chi connectivity index (χ4v) is 2.21. The summed E-state index contributed by atoms with van der Waals surface area (Å²) in [4.78, 5) is 11.5. The first-order chi connectivity index (χ1) is 8.65. The summed E-state index contributed by atoms with van der Waals surface area (Å²) in [6.07, 6.45) is 0. The van der Waals surface area contributed by atoms with Crippen molar-refractivity contribution >= 4 is 11.6 Å². The van der Waals surface area contributed by atoms with Crippen molar-refractivity contribution in [3.63, 3.8) is 0 Å². The number of aryl methyl sites for hydroxylation is 1. The van der Waals surface area contributed by atoms with Crippen LogP contribution in [0.3, 0.4) is 0 Å². The topological polar surface area (TPSA) is 55.1 Å². The molecule has 0 saturated carbocycles. The zero-order valence-electron chi connectivity index (χ0n) is 10.1. The molecule has 0 bridgehead atoms. The fourth-order valence-electron chi connectivity index (χ4n) is 2.21. The summed E-state index contributed by atoms with van der Waals surface area (Å²) in [6.45, 7) is 2.06. The Hall–Kier alpha value is -2.13. The minimum absolute atomic E-state index is 0.133. The first-order valence-electron chi connectivity index (χ1n) is 5.92. The van der Waals surface area contributed by atoms with Gasteiger partial charge in [-0.1, -0.05) is 35.9 Å². The summed E-state index contributed by atoms with van der Waals surface area (Å²) in [6, 6.07) is 13.7. The van der Waals surface area contributed by atoms with E-state index in [4.69, 9.17) is 5.73 Å². The second kappa shape index (κ2) is 3.96. The maximum atomic E-state index is 11.5. The minimum atomic E-state index is -0.551. The van der Waals surface area contributed by atoms with E-state index in [0.717, 1.165) is 22.4 Å². The van der Waals surface area contributed by atoms with Gasteiger partial charge in [0.25, 0.3) is 0 Å². The van der Waals surface area contributed by atoms with Crippen molar-refractivity contribution in [1.82, 2.24) is 0 Å². The van der Waals surface area contributed by atoms with E-state index >= 15 is 0 Å². The van der Waals surface area contributed by atoms with Gasteiger partial charge >= 0.3 is 0 Å². The van der Waals surface area contributed by atoms with E-state index in [2.05, 4.69) is 36.5 Å². The Morgan fingerprint density at radius 3 is 2.44 bits per heavy atom. The van der Waals surface area contributed by atoms with Crippen LogP contribution in [0.5, 0.6) is 0 Å². The van der Waals surface area contributed by atoms with Gasteiger partial charge < -0.3 is 11.1 Å². The van der Waals surface area contributed by atoms with Crippen molar-refractivity contribution in [2.24, 2.45) is 5.73 Å². The van der Waals surface area contributed by atoms with Gasteiger partial charge in [-0.2, -0.15) is 0 Å².